The molecule has 0 amide bonds. The van der Waals surface area contributed by atoms with Gasteiger partial charge in [-0.25, -0.2) is 4.98 Å². The quantitative estimate of drug-likeness (QED) is 0.818. The molecule has 1 heterocycles. The number of oxazole rings is 1. The summed E-state index contributed by atoms with van der Waals surface area (Å²) in [6, 6.07) is 5.72. The minimum atomic E-state index is -0.416. The van der Waals surface area contributed by atoms with Crippen molar-refractivity contribution in [2.24, 2.45) is 5.73 Å². The molecule has 2 rings (SSSR count). The Bertz CT molecular complexity index is 501. The third kappa shape index (κ3) is 1.70. The predicted molar refractivity (Wildman–Crippen MR) is 62.2 cm³/mol. The molecule has 1 aromatic heterocycles. The van der Waals surface area contributed by atoms with Crippen LogP contribution < -0.4 is 5.73 Å². The lowest BCUT2D eigenvalue weighted by atomic mass is 9.83. The minimum Gasteiger partial charge on any atom is -0.441 e. The Balaban J connectivity index is 2.53. The summed E-state index contributed by atoms with van der Waals surface area (Å²) in [5, 5.41) is 9.39. The number of aliphatic hydroxyl groups is 1. The standard InChI is InChI=1S/C12H16N2O2/c1-8-14-10-5-9(3-4-11(10)16-8)12(2,6-13)7-15/h3-5,15H,6-7,13H2,1-2H3. The Morgan fingerprint density at radius 2 is 2.25 bits per heavy atom. The maximum absolute atomic E-state index is 9.39. The molecule has 0 saturated carbocycles. The van der Waals surface area contributed by atoms with Gasteiger partial charge in [-0.1, -0.05) is 13.0 Å². The molecule has 1 aromatic carbocycles. The van der Waals surface area contributed by atoms with Crippen molar-refractivity contribution in [3.05, 3.63) is 29.7 Å². The molecule has 0 aliphatic heterocycles. The number of aromatic nitrogens is 1. The summed E-state index contributed by atoms with van der Waals surface area (Å²) in [5.74, 6) is 0.644. The summed E-state index contributed by atoms with van der Waals surface area (Å²) in [7, 11) is 0. The first-order chi connectivity index (χ1) is 7.59. The number of fused-ring (bicyclic) bond motifs is 1. The molecule has 2 aromatic rings. The molecule has 0 bridgehead atoms. The molecule has 0 saturated heterocycles. The van der Waals surface area contributed by atoms with Gasteiger partial charge in [0.1, 0.15) is 5.52 Å². The predicted octanol–water partition coefficient (Wildman–Crippen LogP) is 1.34. The lowest BCUT2D eigenvalue weighted by Crippen LogP contribution is -2.35. The van der Waals surface area contributed by atoms with Gasteiger partial charge in [-0.2, -0.15) is 0 Å². The van der Waals surface area contributed by atoms with E-state index in [1.54, 1.807) is 0 Å². The largest absolute Gasteiger partial charge is 0.441 e. The molecule has 0 aliphatic rings. The van der Waals surface area contributed by atoms with Gasteiger partial charge in [0, 0.05) is 18.9 Å². The van der Waals surface area contributed by atoms with Crippen LogP contribution in [-0.2, 0) is 5.41 Å². The topological polar surface area (TPSA) is 72.3 Å². The van der Waals surface area contributed by atoms with E-state index in [4.69, 9.17) is 10.2 Å². The van der Waals surface area contributed by atoms with Crippen LogP contribution in [0.15, 0.2) is 22.6 Å². The SMILES string of the molecule is Cc1nc2cc(C(C)(CN)CO)ccc2o1. The van der Waals surface area contributed by atoms with E-state index in [1.165, 1.54) is 0 Å². The van der Waals surface area contributed by atoms with Gasteiger partial charge in [-0.05, 0) is 17.7 Å². The number of nitrogens with two attached hydrogens (primary N) is 1. The summed E-state index contributed by atoms with van der Waals surface area (Å²) < 4.78 is 5.40. The van der Waals surface area contributed by atoms with Gasteiger partial charge < -0.3 is 15.3 Å². The zero-order valence-electron chi connectivity index (χ0n) is 9.53. The van der Waals surface area contributed by atoms with Crippen molar-refractivity contribution in [1.82, 2.24) is 4.98 Å². The molecule has 0 radical (unpaired) electrons. The summed E-state index contributed by atoms with van der Waals surface area (Å²) in [6.45, 7) is 4.16. The smallest absolute Gasteiger partial charge is 0.192 e. The van der Waals surface area contributed by atoms with Crippen molar-refractivity contribution in [3.8, 4) is 0 Å². The highest BCUT2D eigenvalue weighted by Crippen LogP contribution is 2.26. The third-order valence-corrected chi connectivity index (χ3v) is 2.99. The molecule has 16 heavy (non-hydrogen) atoms. The van der Waals surface area contributed by atoms with Crippen molar-refractivity contribution >= 4 is 11.1 Å². The van der Waals surface area contributed by atoms with Crippen LogP contribution >= 0.6 is 0 Å². The first-order valence-corrected chi connectivity index (χ1v) is 5.28. The van der Waals surface area contributed by atoms with E-state index in [2.05, 4.69) is 4.98 Å². The van der Waals surface area contributed by atoms with Gasteiger partial charge in [0.2, 0.25) is 0 Å². The lowest BCUT2D eigenvalue weighted by molar-refractivity contribution is 0.210. The Morgan fingerprint density at radius 3 is 2.88 bits per heavy atom. The number of hydrogen-bond acceptors (Lipinski definition) is 4. The number of benzene rings is 1. The number of hydrogen-bond donors (Lipinski definition) is 2. The van der Waals surface area contributed by atoms with Crippen molar-refractivity contribution in [3.63, 3.8) is 0 Å². The summed E-state index contributed by atoms with van der Waals surface area (Å²) in [5.41, 5.74) is 7.83. The monoisotopic (exact) mass is 220 g/mol. The summed E-state index contributed by atoms with van der Waals surface area (Å²) in [6.07, 6.45) is 0. The zero-order valence-corrected chi connectivity index (χ0v) is 9.53. The van der Waals surface area contributed by atoms with Gasteiger partial charge in [0.15, 0.2) is 11.5 Å². The second kappa shape index (κ2) is 3.88. The molecule has 1 atom stereocenters. The van der Waals surface area contributed by atoms with Crippen LogP contribution in [0.2, 0.25) is 0 Å². The van der Waals surface area contributed by atoms with Gasteiger partial charge in [0.05, 0.1) is 6.61 Å². The fourth-order valence-corrected chi connectivity index (χ4v) is 1.69. The second-order valence-electron chi connectivity index (χ2n) is 4.34. The van der Waals surface area contributed by atoms with Crippen molar-refractivity contribution < 1.29 is 9.52 Å². The first-order valence-electron chi connectivity index (χ1n) is 5.28. The molecular formula is C12H16N2O2. The normalized spacial score (nSPS) is 15.2. The molecular weight excluding hydrogens is 204 g/mol. The molecule has 86 valence electrons. The molecule has 0 spiro atoms. The number of aliphatic hydroxyl groups excluding tert-OH is 1. The van der Waals surface area contributed by atoms with E-state index in [-0.39, 0.29) is 6.61 Å². The van der Waals surface area contributed by atoms with E-state index < -0.39 is 5.41 Å². The van der Waals surface area contributed by atoms with E-state index in [0.29, 0.717) is 12.4 Å². The van der Waals surface area contributed by atoms with Gasteiger partial charge in [-0.15, -0.1) is 0 Å². The second-order valence-corrected chi connectivity index (χ2v) is 4.34. The maximum Gasteiger partial charge on any atom is 0.192 e. The van der Waals surface area contributed by atoms with Gasteiger partial charge in [0.25, 0.3) is 0 Å². The Morgan fingerprint density at radius 1 is 1.50 bits per heavy atom. The highest BCUT2D eigenvalue weighted by atomic mass is 16.3. The number of aryl methyl sites for hydroxylation is 1. The fourth-order valence-electron chi connectivity index (χ4n) is 1.69. The van der Waals surface area contributed by atoms with E-state index in [9.17, 15) is 5.11 Å². The summed E-state index contributed by atoms with van der Waals surface area (Å²) >= 11 is 0. The van der Waals surface area contributed by atoms with Crippen molar-refractivity contribution in [2.45, 2.75) is 19.3 Å². The van der Waals surface area contributed by atoms with Gasteiger partial charge >= 0.3 is 0 Å². The first kappa shape index (κ1) is 11.1. The van der Waals surface area contributed by atoms with Crippen LogP contribution in [-0.4, -0.2) is 23.2 Å². The fraction of sp³-hybridized carbons (Fsp3) is 0.417. The van der Waals surface area contributed by atoms with Crippen LogP contribution in [0.3, 0.4) is 0 Å². The number of rotatable bonds is 3. The molecule has 3 N–H and O–H groups in total. The molecule has 4 heteroatoms. The average molecular weight is 220 g/mol. The summed E-state index contributed by atoms with van der Waals surface area (Å²) in [4.78, 5) is 4.27. The maximum atomic E-state index is 9.39. The van der Waals surface area contributed by atoms with Crippen LogP contribution in [0.1, 0.15) is 18.4 Å². The Hall–Kier alpha value is -1.39. The highest BCUT2D eigenvalue weighted by Gasteiger charge is 2.24. The van der Waals surface area contributed by atoms with E-state index in [1.807, 2.05) is 32.0 Å². The van der Waals surface area contributed by atoms with Crippen molar-refractivity contribution in [2.75, 3.05) is 13.2 Å². The van der Waals surface area contributed by atoms with Crippen LogP contribution in [0.4, 0.5) is 0 Å². The minimum absolute atomic E-state index is 0.0197. The van der Waals surface area contributed by atoms with Gasteiger partial charge in [-0.3, -0.25) is 0 Å². The third-order valence-electron chi connectivity index (χ3n) is 2.99. The van der Waals surface area contributed by atoms with Crippen LogP contribution in [0.5, 0.6) is 0 Å². The molecule has 1 unspecified atom stereocenters. The average Bonchev–Trinajstić information content (AvgIpc) is 2.67. The van der Waals surface area contributed by atoms with Crippen LogP contribution in [0, 0.1) is 6.92 Å². The van der Waals surface area contributed by atoms with Crippen molar-refractivity contribution in [1.29, 1.82) is 0 Å². The zero-order chi connectivity index (χ0) is 11.8. The van der Waals surface area contributed by atoms with E-state index in [0.717, 1.165) is 16.7 Å². The number of nitrogens with zero attached hydrogens (tertiary/aromatic N) is 1. The molecule has 4 nitrogen and oxygen atoms in total. The lowest BCUT2D eigenvalue weighted by Gasteiger charge is -2.25. The molecule has 0 aliphatic carbocycles. The van der Waals surface area contributed by atoms with Crippen LogP contribution in [0.25, 0.3) is 11.1 Å². The Kier molecular flexibility index (Phi) is 2.69. The molecule has 0 fully saturated rings. The van der Waals surface area contributed by atoms with E-state index >= 15 is 0 Å². The Labute approximate surface area is 94.1 Å². The highest BCUT2D eigenvalue weighted by molar-refractivity contribution is 5.73.